The van der Waals surface area contributed by atoms with Crippen LogP contribution in [0.3, 0.4) is 0 Å². The van der Waals surface area contributed by atoms with Crippen molar-refractivity contribution < 1.29 is 9.53 Å². The van der Waals surface area contributed by atoms with E-state index in [1.165, 1.54) is 16.3 Å². The second kappa shape index (κ2) is 10.3. The normalized spacial score (nSPS) is 12.7. The molecule has 1 atom stereocenters. The molecule has 0 bridgehead atoms. The molecule has 0 aliphatic heterocycles. The summed E-state index contributed by atoms with van der Waals surface area (Å²) < 4.78 is 5.22. The third-order valence-electron chi connectivity index (χ3n) is 4.51. The topological polar surface area (TPSA) is 50.4 Å². The first-order chi connectivity index (χ1) is 12.9. The van der Waals surface area contributed by atoms with E-state index in [0.29, 0.717) is 12.6 Å². The molecule has 0 aromatic heterocycles. The van der Waals surface area contributed by atoms with Gasteiger partial charge in [0.1, 0.15) is 5.60 Å². The molecule has 1 amide bonds. The van der Waals surface area contributed by atoms with Gasteiger partial charge in [0, 0.05) is 12.6 Å². The van der Waals surface area contributed by atoms with Crippen LogP contribution in [0.15, 0.2) is 42.5 Å². The monoisotopic (exact) mass is 370 g/mol. The molecule has 0 saturated heterocycles. The molecule has 148 valence electrons. The lowest BCUT2D eigenvalue weighted by atomic mass is 9.99. The highest BCUT2D eigenvalue weighted by molar-refractivity contribution is 5.86. The molecular formula is C23H34N2O2. The van der Waals surface area contributed by atoms with Gasteiger partial charge in [0.15, 0.2) is 0 Å². The van der Waals surface area contributed by atoms with Crippen LogP contribution in [0.4, 0.5) is 4.79 Å². The van der Waals surface area contributed by atoms with E-state index in [1.54, 1.807) is 0 Å². The Labute approximate surface area is 163 Å². The quantitative estimate of drug-likeness (QED) is 0.567. The first-order valence-corrected chi connectivity index (χ1v) is 10.0. The second-order valence-electron chi connectivity index (χ2n) is 8.09. The molecule has 0 unspecified atom stereocenters. The van der Waals surface area contributed by atoms with E-state index in [9.17, 15) is 4.79 Å². The molecule has 0 fully saturated rings. The molecule has 2 aromatic rings. The Bertz CT molecular complexity index is 716. The molecule has 4 nitrogen and oxygen atoms in total. The third kappa shape index (κ3) is 7.59. The number of hydrogen-bond acceptors (Lipinski definition) is 3. The number of fused-ring (bicyclic) bond motifs is 1. The van der Waals surface area contributed by atoms with Gasteiger partial charge < -0.3 is 15.4 Å². The number of nitrogens with one attached hydrogen (secondary N) is 2. The smallest absolute Gasteiger partial charge is 0.407 e. The first-order valence-electron chi connectivity index (χ1n) is 10.0. The Morgan fingerprint density at radius 2 is 1.63 bits per heavy atom. The lowest BCUT2D eigenvalue weighted by Gasteiger charge is -2.19. The van der Waals surface area contributed by atoms with E-state index < -0.39 is 5.60 Å². The highest BCUT2D eigenvalue weighted by Crippen LogP contribution is 2.24. The Morgan fingerprint density at radius 1 is 0.963 bits per heavy atom. The molecule has 2 aromatic carbocycles. The fourth-order valence-electron chi connectivity index (χ4n) is 3.16. The summed E-state index contributed by atoms with van der Waals surface area (Å²) in [7, 11) is 0. The SMILES string of the molecule is C[C@H](NCCCCCCNC(=O)OC(C)(C)C)c1cccc2ccccc12. The minimum Gasteiger partial charge on any atom is -0.444 e. The molecule has 4 heteroatoms. The Balaban J connectivity index is 1.60. The summed E-state index contributed by atoms with van der Waals surface area (Å²) in [6.45, 7) is 9.53. The zero-order chi connectivity index (χ0) is 19.7. The van der Waals surface area contributed by atoms with E-state index in [1.807, 2.05) is 20.8 Å². The van der Waals surface area contributed by atoms with Gasteiger partial charge in [0.25, 0.3) is 0 Å². The Hall–Kier alpha value is -2.07. The lowest BCUT2D eigenvalue weighted by molar-refractivity contribution is 0.0527. The van der Waals surface area contributed by atoms with Crippen LogP contribution >= 0.6 is 0 Å². The predicted octanol–water partition coefficient (Wildman–Crippen LogP) is 5.58. The molecule has 2 N–H and O–H groups in total. The maximum atomic E-state index is 11.6. The van der Waals surface area contributed by atoms with Crippen LogP contribution in [0.1, 0.15) is 65.0 Å². The van der Waals surface area contributed by atoms with Gasteiger partial charge in [-0.2, -0.15) is 0 Å². The molecule has 2 rings (SSSR count). The van der Waals surface area contributed by atoms with Crippen molar-refractivity contribution >= 4 is 16.9 Å². The molecule has 0 radical (unpaired) electrons. The van der Waals surface area contributed by atoms with Gasteiger partial charge in [-0.25, -0.2) is 4.79 Å². The van der Waals surface area contributed by atoms with E-state index in [4.69, 9.17) is 4.74 Å². The Kier molecular flexibility index (Phi) is 8.11. The number of benzene rings is 2. The van der Waals surface area contributed by atoms with E-state index in [0.717, 1.165) is 32.2 Å². The number of alkyl carbamates (subject to hydrolysis) is 1. The van der Waals surface area contributed by atoms with Crippen LogP contribution in [-0.2, 0) is 4.74 Å². The summed E-state index contributed by atoms with van der Waals surface area (Å²) in [5.41, 5.74) is 0.922. The molecule has 0 aliphatic carbocycles. The van der Waals surface area contributed by atoms with Crippen molar-refractivity contribution in [1.82, 2.24) is 10.6 Å². The largest absolute Gasteiger partial charge is 0.444 e. The first kappa shape index (κ1) is 21.2. The minimum absolute atomic E-state index is 0.326. The number of carbonyl (C=O) groups excluding carboxylic acids is 1. The van der Waals surface area contributed by atoms with Crippen molar-refractivity contribution in [3.05, 3.63) is 48.0 Å². The number of rotatable bonds is 9. The molecule has 0 aliphatic rings. The number of hydrogen-bond donors (Lipinski definition) is 2. The zero-order valence-electron chi connectivity index (χ0n) is 17.2. The lowest BCUT2D eigenvalue weighted by Crippen LogP contribution is -2.33. The number of unbranched alkanes of at least 4 members (excludes halogenated alkanes) is 3. The maximum absolute atomic E-state index is 11.6. The predicted molar refractivity (Wildman–Crippen MR) is 113 cm³/mol. The minimum atomic E-state index is -0.434. The Morgan fingerprint density at radius 3 is 2.37 bits per heavy atom. The molecular weight excluding hydrogens is 336 g/mol. The highest BCUT2D eigenvalue weighted by Gasteiger charge is 2.15. The summed E-state index contributed by atoms with van der Waals surface area (Å²) in [4.78, 5) is 11.6. The van der Waals surface area contributed by atoms with Gasteiger partial charge in [0.05, 0.1) is 0 Å². The van der Waals surface area contributed by atoms with Gasteiger partial charge in [-0.05, 0) is 63.4 Å². The summed E-state index contributed by atoms with van der Waals surface area (Å²) in [5, 5.41) is 9.07. The van der Waals surface area contributed by atoms with Crippen LogP contribution in [0.5, 0.6) is 0 Å². The summed E-state index contributed by atoms with van der Waals surface area (Å²) >= 11 is 0. The van der Waals surface area contributed by atoms with E-state index >= 15 is 0 Å². The number of carbonyl (C=O) groups is 1. The van der Waals surface area contributed by atoms with Crippen LogP contribution in [0, 0.1) is 0 Å². The fourth-order valence-corrected chi connectivity index (χ4v) is 3.16. The van der Waals surface area contributed by atoms with Crippen molar-refractivity contribution in [2.24, 2.45) is 0 Å². The van der Waals surface area contributed by atoms with Gasteiger partial charge in [-0.1, -0.05) is 55.3 Å². The van der Waals surface area contributed by atoms with Crippen LogP contribution in [0.2, 0.25) is 0 Å². The summed E-state index contributed by atoms with van der Waals surface area (Å²) in [5.74, 6) is 0. The van der Waals surface area contributed by atoms with Crippen molar-refractivity contribution in [3.63, 3.8) is 0 Å². The average Bonchev–Trinajstić information content (AvgIpc) is 2.61. The van der Waals surface area contributed by atoms with Gasteiger partial charge in [0.2, 0.25) is 0 Å². The van der Waals surface area contributed by atoms with Gasteiger partial charge >= 0.3 is 6.09 Å². The average molecular weight is 371 g/mol. The summed E-state index contributed by atoms with van der Waals surface area (Å²) in [6.07, 6.45) is 4.07. The fraction of sp³-hybridized carbons (Fsp3) is 0.522. The molecule has 0 spiro atoms. The van der Waals surface area contributed by atoms with Gasteiger partial charge in [-0.15, -0.1) is 0 Å². The molecule has 27 heavy (non-hydrogen) atoms. The standard InChI is InChI=1S/C23H34N2O2/c1-18(20-15-11-13-19-12-7-8-14-21(19)20)24-16-9-5-6-10-17-25-22(26)27-23(2,3)4/h7-8,11-15,18,24H,5-6,9-10,16-17H2,1-4H3,(H,25,26)/t18-/m0/s1. The summed E-state index contributed by atoms with van der Waals surface area (Å²) in [6, 6.07) is 15.4. The van der Waals surface area contributed by atoms with Crippen LogP contribution in [0.25, 0.3) is 10.8 Å². The van der Waals surface area contributed by atoms with Crippen LogP contribution in [-0.4, -0.2) is 24.8 Å². The molecule has 0 saturated carbocycles. The van der Waals surface area contributed by atoms with Crippen molar-refractivity contribution in [2.45, 2.75) is 65.0 Å². The maximum Gasteiger partial charge on any atom is 0.407 e. The van der Waals surface area contributed by atoms with Crippen molar-refractivity contribution in [1.29, 1.82) is 0 Å². The highest BCUT2D eigenvalue weighted by atomic mass is 16.6. The third-order valence-corrected chi connectivity index (χ3v) is 4.51. The van der Waals surface area contributed by atoms with E-state index in [2.05, 4.69) is 60.0 Å². The van der Waals surface area contributed by atoms with Crippen LogP contribution < -0.4 is 10.6 Å². The van der Waals surface area contributed by atoms with E-state index in [-0.39, 0.29) is 6.09 Å². The van der Waals surface area contributed by atoms with Gasteiger partial charge in [-0.3, -0.25) is 0 Å². The molecule has 0 heterocycles. The number of ether oxygens (including phenoxy) is 1. The number of amides is 1. The van der Waals surface area contributed by atoms with Crippen molar-refractivity contribution in [2.75, 3.05) is 13.1 Å². The second-order valence-corrected chi connectivity index (χ2v) is 8.09. The zero-order valence-corrected chi connectivity index (χ0v) is 17.2. The van der Waals surface area contributed by atoms with Crippen molar-refractivity contribution in [3.8, 4) is 0 Å².